The van der Waals surface area contributed by atoms with E-state index >= 15 is 0 Å². The Hall–Kier alpha value is -0.860. The number of carbonyl (C=O) groups excluding carboxylic acids is 1. The van der Waals surface area contributed by atoms with Gasteiger partial charge in [-0.1, -0.05) is 24.9 Å². The molecule has 16 heavy (non-hydrogen) atoms. The third-order valence-corrected chi connectivity index (χ3v) is 3.91. The highest BCUT2D eigenvalue weighted by molar-refractivity contribution is 6.30. The van der Waals surface area contributed by atoms with Crippen molar-refractivity contribution in [3.63, 3.8) is 0 Å². The second-order valence-corrected chi connectivity index (χ2v) is 5.19. The molecule has 1 aliphatic rings. The van der Waals surface area contributed by atoms with Gasteiger partial charge in [-0.3, -0.25) is 4.79 Å². The summed E-state index contributed by atoms with van der Waals surface area (Å²) in [6, 6.07) is 7.04. The van der Waals surface area contributed by atoms with Crippen LogP contribution < -0.4 is 5.73 Å². The van der Waals surface area contributed by atoms with Gasteiger partial charge in [-0.25, -0.2) is 0 Å². The van der Waals surface area contributed by atoms with Crippen molar-refractivity contribution in [2.45, 2.75) is 32.2 Å². The van der Waals surface area contributed by atoms with Crippen molar-refractivity contribution in [3.8, 4) is 0 Å². The van der Waals surface area contributed by atoms with Gasteiger partial charge in [0.25, 0.3) is 0 Å². The first-order chi connectivity index (χ1) is 7.54. The van der Waals surface area contributed by atoms with Crippen molar-refractivity contribution in [2.24, 2.45) is 11.1 Å². The summed E-state index contributed by atoms with van der Waals surface area (Å²) in [6.07, 6.45) is 2.86. The van der Waals surface area contributed by atoms with Crippen molar-refractivity contribution in [3.05, 3.63) is 34.9 Å². The molecule has 1 aromatic rings. The monoisotopic (exact) mass is 237 g/mol. The number of carbonyl (C=O) groups is 1. The van der Waals surface area contributed by atoms with Gasteiger partial charge in [-0.15, -0.1) is 0 Å². The molecule has 0 aromatic heterocycles. The van der Waals surface area contributed by atoms with Crippen LogP contribution in [0.4, 0.5) is 0 Å². The van der Waals surface area contributed by atoms with Crippen LogP contribution in [0.3, 0.4) is 0 Å². The van der Waals surface area contributed by atoms with Crippen LogP contribution in [0.5, 0.6) is 0 Å². The molecule has 2 nitrogen and oxygen atoms in total. The lowest BCUT2D eigenvalue weighted by Crippen LogP contribution is -2.41. The zero-order valence-electron chi connectivity index (χ0n) is 9.37. The fraction of sp³-hybridized carbons (Fsp3) is 0.462. The van der Waals surface area contributed by atoms with Crippen LogP contribution in [0.25, 0.3) is 0 Å². The largest absolute Gasteiger partial charge is 0.327 e. The maximum Gasteiger partial charge on any atom is 0.170 e. The van der Waals surface area contributed by atoms with Gasteiger partial charge >= 0.3 is 0 Å². The average Bonchev–Trinajstić information content (AvgIpc) is 2.61. The zero-order chi connectivity index (χ0) is 11.8. The molecule has 1 saturated carbocycles. The van der Waals surface area contributed by atoms with Crippen LogP contribution >= 0.6 is 11.6 Å². The first kappa shape index (κ1) is 11.6. The highest BCUT2D eigenvalue weighted by Gasteiger charge is 2.42. The number of Topliss-reactive ketones (excluding diaryl/α,β-unsaturated/α-hetero) is 1. The highest BCUT2D eigenvalue weighted by atomic mass is 35.5. The number of rotatable bonds is 2. The zero-order valence-corrected chi connectivity index (χ0v) is 10.1. The number of hydrogen-bond acceptors (Lipinski definition) is 2. The van der Waals surface area contributed by atoms with Crippen molar-refractivity contribution in [1.29, 1.82) is 0 Å². The van der Waals surface area contributed by atoms with E-state index in [1.54, 1.807) is 24.3 Å². The lowest BCUT2D eigenvalue weighted by atomic mass is 9.78. The minimum absolute atomic E-state index is 0.0179. The number of nitrogens with two attached hydrogens (primary N) is 1. The maximum atomic E-state index is 12.4. The normalized spacial score (nSPS) is 29.3. The Balaban J connectivity index is 2.28. The summed E-state index contributed by atoms with van der Waals surface area (Å²) >= 11 is 5.80. The molecule has 86 valence electrons. The van der Waals surface area contributed by atoms with Gasteiger partial charge < -0.3 is 5.73 Å². The predicted octanol–water partition coefficient (Wildman–Crippen LogP) is 3.04. The van der Waals surface area contributed by atoms with E-state index in [-0.39, 0.29) is 11.8 Å². The molecule has 3 heteroatoms. The fourth-order valence-electron chi connectivity index (χ4n) is 2.41. The van der Waals surface area contributed by atoms with E-state index in [1.807, 2.05) is 6.92 Å². The van der Waals surface area contributed by atoms with Gasteiger partial charge in [0.05, 0.1) is 0 Å². The maximum absolute atomic E-state index is 12.4. The van der Waals surface area contributed by atoms with Crippen LogP contribution in [-0.2, 0) is 0 Å². The second kappa shape index (κ2) is 4.19. The predicted molar refractivity (Wildman–Crippen MR) is 65.7 cm³/mol. The summed E-state index contributed by atoms with van der Waals surface area (Å²) in [4.78, 5) is 12.4. The van der Waals surface area contributed by atoms with Crippen molar-refractivity contribution in [1.82, 2.24) is 0 Å². The third kappa shape index (κ3) is 1.87. The van der Waals surface area contributed by atoms with E-state index in [1.165, 1.54) is 0 Å². The van der Waals surface area contributed by atoms with Crippen molar-refractivity contribution in [2.75, 3.05) is 0 Å². The Labute approximate surface area is 101 Å². The van der Waals surface area contributed by atoms with Crippen LogP contribution in [0.2, 0.25) is 5.02 Å². The molecule has 0 spiro atoms. The highest BCUT2D eigenvalue weighted by Crippen LogP contribution is 2.39. The lowest BCUT2D eigenvalue weighted by molar-refractivity contribution is 0.0802. The molecular weight excluding hydrogens is 222 g/mol. The molecule has 0 amide bonds. The molecule has 0 heterocycles. The van der Waals surface area contributed by atoms with Crippen molar-refractivity contribution >= 4 is 17.4 Å². The first-order valence-electron chi connectivity index (χ1n) is 5.60. The summed E-state index contributed by atoms with van der Waals surface area (Å²) in [5, 5.41) is 0.650. The van der Waals surface area contributed by atoms with Crippen molar-refractivity contribution < 1.29 is 4.79 Å². The Kier molecular flexibility index (Phi) is 3.04. The Morgan fingerprint density at radius 2 is 2.06 bits per heavy atom. The van der Waals surface area contributed by atoms with Crippen LogP contribution in [-0.4, -0.2) is 11.8 Å². The van der Waals surface area contributed by atoms with E-state index in [0.29, 0.717) is 10.6 Å². The summed E-state index contributed by atoms with van der Waals surface area (Å²) < 4.78 is 0. The van der Waals surface area contributed by atoms with Crippen LogP contribution in [0.1, 0.15) is 36.5 Å². The first-order valence-corrected chi connectivity index (χ1v) is 5.98. The number of halogens is 1. The molecule has 1 aliphatic carbocycles. The molecular formula is C13H16ClNO. The van der Waals surface area contributed by atoms with Gasteiger partial charge in [0.1, 0.15) is 0 Å². The van der Waals surface area contributed by atoms with Gasteiger partial charge in [0.15, 0.2) is 5.78 Å². The molecule has 2 rings (SSSR count). The Morgan fingerprint density at radius 1 is 1.44 bits per heavy atom. The van der Waals surface area contributed by atoms with E-state index in [4.69, 9.17) is 17.3 Å². The lowest BCUT2D eigenvalue weighted by Gasteiger charge is -2.27. The molecule has 0 bridgehead atoms. The molecule has 2 N–H and O–H groups in total. The topological polar surface area (TPSA) is 43.1 Å². The molecule has 2 atom stereocenters. The quantitative estimate of drug-likeness (QED) is 0.804. The Bertz CT molecular complexity index is 401. The van der Waals surface area contributed by atoms with Gasteiger partial charge in [-0.2, -0.15) is 0 Å². The summed E-state index contributed by atoms with van der Waals surface area (Å²) in [6.45, 7) is 1.97. The van der Waals surface area contributed by atoms with E-state index < -0.39 is 5.41 Å². The van der Waals surface area contributed by atoms with Gasteiger partial charge in [-0.05, 0) is 37.1 Å². The van der Waals surface area contributed by atoms with Crippen LogP contribution in [0.15, 0.2) is 24.3 Å². The number of hydrogen-bond donors (Lipinski definition) is 1. The third-order valence-electron chi connectivity index (χ3n) is 3.65. The standard InChI is InChI=1S/C13H16ClNO/c1-13(8-2-3-11(13)15)12(16)9-4-6-10(14)7-5-9/h4-7,11H,2-3,8,15H2,1H3. The molecule has 0 saturated heterocycles. The van der Waals surface area contributed by atoms with E-state index in [9.17, 15) is 4.79 Å². The molecule has 1 aromatic carbocycles. The van der Waals surface area contributed by atoms with Gasteiger partial charge in [0.2, 0.25) is 0 Å². The van der Waals surface area contributed by atoms with E-state index in [2.05, 4.69) is 0 Å². The second-order valence-electron chi connectivity index (χ2n) is 4.75. The van der Waals surface area contributed by atoms with Gasteiger partial charge in [0, 0.05) is 22.0 Å². The SMILES string of the molecule is CC1(C(=O)c2ccc(Cl)cc2)CCCC1N. The number of benzene rings is 1. The molecule has 0 aliphatic heterocycles. The summed E-state index contributed by atoms with van der Waals surface area (Å²) in [5.74, 6) is 0.147. The average molecular weight is 238 g/mol. The summed E-state index contributed by atoms with van der Waals surface area (Å²) in [7, 11) is 0. The minimum atomic E-state index is -0.395. The number of ketones is 1. The molecule has 2 unspecified atom stereocenters. The smallest absolute Gasteiger partial charge is 0.170 e. The summed E-state index contributed by atoms with van der Waals surface area (Å²) in [5.41, 5.74) is 6.35. The fourth-order valence-corrected chi connectivity index (χ4v) is 2.53. The minimum Gasteiger partial charge on any atom is -0.327 e. The molecule has 1 fully saturated rings. The molecule has 0 radical (unpaired) electrons. The Morgan fingerprint density at radius 3 is 2.56 bits per heavy atom. The van der Waals surface area contributed by atoms with Crippen LogP contribution in [0, 0.1) is 5.41 Å². The van der Waals surface area contributed by atoms with E-state index in [0.717, 1.165) is 19.3 Å².